The Balaban J connectivity index is 2.33. The molecule has 1 aromatic carbocycles. The highest BCUT2D eigenvalue weighted by Crippen LogP contribution is 2.23. The molecule has 1 aliphatic heterocycles. The molecule has 0 bridgehead atoms. The fraction of sp³-hybridized carbons (Fsp3) is 0.462. The largest absolute Gasteiger partial charge is 0.335 e. The van der Waals surface area contributed by atoms with Crippen LogP contribution in [0.25, 0.3) is 0 Å². The molecule has 1 heterocycles. The van der Waals surface area contributed by atoms with E-state index in [2.05, 4.69) is 5.32 Å². The summed E-state index contributed by atoms with van der Waals surface area (Å²) in [5.41, 5.74) is -0.837. The summed E-state index contributed by atoms with van der Waals surface area (Å²) in [5, 5.41) is 14.2. The Labute approximate surface area is 115 Å². The number of amides is 1. The fourth-order valence-corrected chi connectivity index (χ4v) is 2.32. The van der Waals surface area contributed by atoms with Crippen LogP contribution in [0.2, 0.25) is 0 Å². The molecule has 0 aliphatic carbocycles. The third kappa shape index (κ3) is 2.93. The van der Waals surface area contributed by atoms with Gasteiger partial charge in [-0.3, -0.25) is 14.9 Å². The summed E-state index contributed by atoms with van der Waals surface area (Å²) in [6.45, 7) is 5.33. The van der Waals surface area contributed by atoms with Crippen LogP contribution in [0.3, 0.4) is 0 Å². The molecule has 0 saturated carbocycles. The Bertz CT molecular complexity index is 560. The smallest absolute Gasteiger partial charge is 0.282 e. The van der Waals surface area contributed by atoms with Gasteiger partial charge in [0, 0.05) is 31.2 Å². The zero-order chi connectivity index (χ0) is 14.9. The quantitative estimate of drug-likeness (QED) is 0.659. The number of benzene rings is 1. The van der Waals surface area contributed by atoms with Crippen molar-refractivity contribution in [1.82, 2.24) is 10.2 Å². The highest BCUT2D eigenvalue weighted by atomic mass is 19.1. The van der Waals surface area contributed by atoms with Gasteiger partial charge in [-0.2, -0.15) is 0 Å². The van der Waals surface area contributed by atoms with E-state index in [1.807, 2.05) is 13.8 Å². The molecule has 1 aromatic rings. The van der Waals surface area contributed by atoms with Gasteiger partial charge in [-0.15, -0.1) is 0 Å². The predicted molar refractivity (Wildman–Crippen MR) is 71.0 cm³/mol. The van der Waals surface area contributed by atoms with Crippen molar-refractivity contribution in [3.05, 3.63) is 39.7 Å². The Hall–Kier alpha value is -2.02. The average molecular weight is 281 g/mol. The summed E-state index contributed by atoms with van der Waals surface area (Å²) in [4.78, 5) is 24.2. The van der Waals surface area contributed by atoms with Crippen LogP contribution in [0.4, 0.5) is 10.1 Å². The third-order valence-electron chi connectivity index (χ3n) is 3.24. The molecular weight excluding hydrogens is 265 g/mol. The maximum absolute atomic E-state index is 13.3. The van der Waals surface area contributed by atoms with Crippen molar-refractivity contribution in [1.29, 1.82) is 0 Å². The monoisotopic (exact) mass is 281 g/mol. The number of hydrogen-bond acceptors (Lipinski definition) is 4. The van der Waals surface area contributed by atoms with Crippen LogP contribution in [0, 0.1) is 15.9 Å². The Morgan fingerprint density at radius 1 is 1.50 bits per heavy atom. The minimum Gasteiger partial charge on any atom is -0.335 e. The highest BCUT2D eigenvalue weighted by Gasteiger charge is 2.32. The summed E-state index contributed by atoms with van der Waals surface area (Å²) in [6, 6.07) is 2.93. The van der Waals surface area contributed by atoms with E-state index in [9.17, 15) is 19.3 Å². The number of rotatable bonds is 2. The van der Waals surface area contributed by atoms with E-state index < -0.39 is 16.6 Å². The minimum atomic E-state index is -0.667. The van der Waals surface area contributed by atoms with Gasteiger partial charge in [0.1, 0.15) is 11.4 Å². The maximum Gasteiger partial charge on any atom is 0.282 e. The van der Waals surface area contributed by atoms with Crippen molar-refractivity contribution in [2.45, 2.75) is 19.4 Å². The number of nitro benzene ring substituents is 1. The molecule has 20 heavy (non-hydrogen) atoms. The van der Waals surface area contributed by atoms with Crippen LogP contribution in [0.5, 0.6) is 0 Å². The number of carbonyl (C=O) groups excluding carboxylic acids is 1. The van der Waals surface area contributed by atoms with Crippen molar-refractivity contribution in [3.8, 4) is 0 Å². The lowest BCUT2D eigenvalue weighted by atomic mass is 10.0. The summed E-state index contributed by atoms with van der Waals surface area (Å²) in [7, 11) is 0. The number of hydrogen-bond donors (Lipinski definition) is 1. The first-order valence-corrected chi connectivity index (χ1v) is 6.28. The molecule has 1 aliphatic rings. The predicted octanol–water partition coefficient (Wildman–Crippen LogP) is 1.56. The minimum absolute atomic E-state index is 0.201. The molecule has 7 heteroatoms. The molecule has 0 aromatic heterocycles. The van der Waals surface area contributed by atoms with Gasteiger partial charge in [0.25, 0.3) is 11.6 Å². The van der Waals surface area contributed by atoms with E-state index in [1.165, 1.54) is 4.90 Å². The standard InChI is InChI=1S/C13H16FN3O3/c1-13(2)8-16(6-5-15-13)12(18)10-7-9(14)3-4-11(10)17(19)20/h3-4,7,15H,5-6,8H2,1-2H3. The van der Waals surface area contributed by atoms with E-state index in [0.29, 0.717) is 19.6 Å². The zero-order valence-corrected chi connectivity index (χ0v) is 11.4. The molecule has 1 saturated heterocycles. The van der Waals surface area contributed by atoms with Gasteiger partial charge >= 0.3 is 0 Å². The van der Waals surface area contributed by atoms with Gasteiger partial charge < -0.3 is 10.2 Å². The molecular formula is C13H16FN3O3. The van der Waals surface area contributed by atoms with E-state index in [4.69, 9.17) is 0 Å². The van der Waals surface area contributed by atoms with Crippen LogP contribution in [-0.2, 0) is 0 Å². The van der Waals surface area contributed by atoms with Gasteiger partial charge in [-0.25, -0.2) is 4.39 Å². The molecule has 1 N–H and O–H groups in total. The fourth-order valence-electron chi connectivity index (χ4n) is 2.32. The second-order valence-corrected chi connectivity index (χ2v) is 5.46. The molecule has 0 atom stereocenters. The average Bonchev–Trinajstić information content (AvgIpc) is 2.36. The van der Waals surface area contributed by atoms with Crippen molar-refractivity contribution in [2.24, 2.45) is 0 Å². The molecule has 0 radical (unpaired) electrons. The van der Waals surface area contributed by atoms with Crippen LogP contribution < -0.4 is 5.32 Å². The van der Waals surface area contributed by atoms with Gasteiger partial charge in [-0.1, -0.05) is 0 Å². The van der Waals surface area contributed by atoms with Gasteiger partial charge in [-0.05, 0) is 26.0 Å². The lowest BCUT2D eigenvalue weighted by molar-refractivity contribution is -0.385. The number of nitrogens with zero attached hydrogens (tertiary/aromatic N) is 2. The Morgan fingerprint density at radius 3 is 2.80 bits per heavy atom. The normalized spacial score (nSPS) is 17.9. The van der Waals surface area contributed by atoms with Crippen molar-refractivity contribution in [3.63, 3.8) is 0 Å². The number of piperazine rings is 1. The third-order valence-corrected chi connectivity index (χ3v) is 3.24. The van der Waals surface area contributed by atoms with E-state index in [0.717, 1.165) is 18.2 Å². The Kier molecular flexibility index (Phi) is 3.71. The molecule has 1 fully saturated rings. The van der Waals surface area contributed by atoms with Crippen LogP contribution in [0.1, 0.15) is 24.2 Å². The molecule has 2 rings (SSSR count). The van der Waals surface area contributed by atoms with Crippen molar-refractivity contribution >= 4 is 11.6 Å². The lowest BCUT2D eigenvalue weighted by Crippen LogP contribution is -2.58. The molecule has 1 amide bonds. The van der Waals surface area contributed by atoms with E-state index in [-0.39, 0.29) is 16.8 Å². The second kappa shape index (κ2) is 5.16. The number of nitrogens with one attached hydrogen (secondary N) is 1. The lowest BCUT2D eigenvalue weighted by Gasteiger charge is -2.39. The van der Waals surface area contributed by atoms with Gasteiger partial charge in [0.05, 0.1) is 4.92 Å². The zero-order valence-electron chi connectivity index (χ0n) is 11.4. The molecule has 0 unspecified atom stereocenters. The summed E-state index contributed by atoms with van der Waals surface area (Å²) in [5.74, 6) is -1.17. The van der Waals surface area contributed by atoms with Crippen LogP contribution in [0.15, 0.2) is 18.2 Å². The number of carbonyl (C=O) groups is 1. The maximum atomic E-state index is 13.3. The first-order valence-electron chi connectivity index (χ1n) is 6.28. The number of halogens is 1. The Morgan fingerprint density at radius 2 is 2.20 bits per heavy atom. The van der Waals surface area contributed by atoms with Gasteiger partial charge in [0.2, 0.25) is 0 Å². The van der Waals surface area contributed by atoms with Crippen molar-refractivity contribution in [2.75, 3.05) is 19.6 Å². The second-order valence-electron chi connectivity index (χ2n) is 5.46. The SMILES string of the molecule is CC1(C)CN(C(=O)c2cc(F)ccc2[N+](=O)[O-])CCN1. The summed E-state index contributed by atoms with van der Waals surface area (Å²) < 4.78 is 13.3. The first kappa shape index (κ1) is 14.4. The van der Waals surface area contributed by atoms with Crippen LogP contribution >= 0.6 is 0 Å². The summed E-state index contributed by atoms with van der Waals surface area (Å²) >= 11 is 0. The van der Waals surface area contributed by atoms with Crippen molar-refractivity contribution < 1.29 is 14.1 Å². The van der Waals surface area contributed by atoms with Gasteiger partial charge in [0.15, 0.2) is 0 Å². The first-order chi connectivity index (χ1) is 9.30. The van der Waals surface area contributed by atoms with E-state index >= 15 is 0 Å². The number of nitro groups is 1. The molecule has 108 valence electrons. The summed E-state index contributed by atoms with van der Waals surface area (Å²) in [6.07, 6.45) is 0. The molecule has 0 spiro atoms. The van der Waals surface area contributed by atoms with E-state index in [1.54, 1.807) is 0 Å². The highest BCUT2D eigenvalue weighted by molar-refractivity contribution is 5.98. The topological polar surface area (TPSA) is 75.5 Å². The molecule has 6 nitrogen and oxygen atoms in total. The van der Waals surface area contributed by atoms with Crippen LogP contribution in [-0.4, -0.2) is 40.9 Å².